The van der Waals surface area contributed by atoms with Gasteiger partial charge in [0.1, 0.15) is 11.5 Å². The van der Waals surface area contributed by atoms with Crippen LogP contribution in [0.15, 0.2) is 75.0 Å². The molecule has 2 aliphatic rings. The molecule has 3 heterocycles. The van der Waals surface area contributed by atoms with E-state index in [2.05, 4.69) is 39.1 Å². The number of para-hydroxylation sites is 1. The van der Waals surface area contributed by atoms with Gasteiger partial charge >= 0.3 is 0 Å². The van der Waals surface area contributed by atoms with Crippen LogP contribution in [0.25, 0.3) is 17.4 Å². The molecule has 5 rings (SSSR count). The molecule has 0 atom stereocenters. The molecule has 0 radical (unpaired) electrons. The van der Waals surface area contributed by atoms with Gasteiger partial charge in [-0.05, 0) is 54.2 Å². The van der Waals surface area contributed by atoms with Crippen LogP contribution in [-0.2, 0) is 4.79 Å². The van der Waals surface area contributed by atoms with Gasteiger partial charge in [-0.15, -0.1) is 0 Å². The fraction of sp³-hybridized carbons (Fsp3) is 0.167. The predicted molar refractivity (Wildman–Crippen MR) is 132 cm³/mol. The summed E-state index contributed by atoms with van der Waals surface area (Å²) in [4.78, 5) is 21.8. The number of benzene rings is 2. The summed E-state index contributed by atoms with van der Waals surface area (Å²) in [5, 5.41) is 1.71. The van der Waals surface area contributed by atoms with Gasteiger partial charge in [0, 0.05) is 43.5 Å². The number of piperazine rings is 1. The molecule has 1 fully saturated rings. The van der Waals surface area contributed by atoms with Gasteiger partial charge in [-0.3, -0.25) is 4.79 Å². The monoisotopic (exact) mass is 483 g/mol. The highest BCUT2D eigenvalue weighted by Crippen LogP contribution is 2.33. The van der Waals surface area contributed by atoms with E-state index < -0.39 is 0 Å². The Morgan fingerprint density at radius 3 is 2.41 bits per heavy atom. The van der Waals surface area contributed by atoms with E-state index in [4.69, 9.17) is 27.6 Å². The van der Waals surface area contributed by atoms with Gasteiger partial charge in [0.2, 0.25) is 0 Å². The summed E-state index contributed by atoms with van der Waals surface area (Å²) in [6.07, 6.45) is 1.74. The van der Waals surface area contributed by atoms with E-state index in [0.717, 1.165) is 36.9 Å². The summed E-state index contributed by atoms with van der Waals surface area (Å²) in [6.45, 7) is 3.43. The molecule has 8 heteroatoms. The minimum Gasteiger partial charge on any atom is -0.457 e. The average molecular weight is 484 g/mol. The van der Waals surface area contributed by atoms with E-state index in [1.165, 1.54) is 17.4 Å². The van der Waals surface area contributed by atoms with Gasteiger partial charge in [-0.1, -0.05) is 41.4 Å². The van der Waals surface area contributed by atoms with E-state index in [1.54, 1.807) is 18.2 Å². The SMILES string of the molecule is O=C1N=C(N2CCN(c3ccccc3)CC2)S/C1=C\c1ccc(-c2ccc(Cl)c(Cl)c2)o1. The minimum absolute atomic E-state index is 0.233. The van der Waals surface area contributed by atoms with Crippen LogP contribution < -0.4 is 4.90 Å². The molecule has 2 aromatic carbocycles. The first-order chi connectivity index (χ1) is 15.6. The van der Waals surface area contributed by atoms with Crippen LogP contribution in [0.3, 0.4) is 0 Å². The van der Waals surface area contributed by atoms with Gasteiger partial charge in [0.25, 0.3) is 5.91 Å². The number of nitrogens with zero attached hydrogens (tertiary/aromatic N) is 3. The molecule has 0 N–H and O–H groups in total. The van der Waals surface area contributed by atoms with Gasteiger partial charge in [0.15, 0.2) is 5.17 Å². The molecule has 0 spiro atoms. The highest BCUT2D eigenvalue weighted by Gasteiger charge is 2.28. The second kappa shape index (κ2) is 9.06. The first kappa shape index (κ1) is 21.2. The normalized spacial score (nSPS) is 17.9. The standard InChI is InChI=1S/C24H19Cl2N3O2S/c25-19-8-6-16(14-20(19)26)21-9-7-18(31-21)15-22-23(30)27-24(32-22)29-12-10-28(11-13-29)17-4-2-1-3-5-17/h1-9,14-15H,10-13H2/b22-15-. The lowest BCUT2D eigenvalue weighted by Gasteiger charge is -2.36. The quantitative estimate of drug-likeness (QED) is 0.424. The van der Waals surface area contributed by atoms with E-state index >= 15 is 0 Å². The van der Waals surface area contributed by atoms with Crippen molar-refractivity contribution >= 4 is 57.8 Å². The van der Waals surface area contributed by atoms with Crippen molar-refractivity contribution in [2.45, 2.75) is 0 Å². The number of hydrogen-bond acceptors (Lipinski definition) is 5. The van der Waals surface area contributed by atoms with Crippen molar-refractivity contribution in [1.82, 2.24) is 4.90 Å². The van der Waals surface area contributed by atoms with Crippen LogP contribution in [0.4, 0.5) is 5.69 Å². The highest BCUT2D eigenvalue weighted by molar-refractivity contribution is 8.18. The van der Waals surface area contributed by atoms with Gasteiger partial charge < -0.3 is 14.2 Å². The molecule has 3 aromatic rings. The first-order valence-corrected chi connectivity index (χ1v) is 11.8. The zero-order valence-electron chi connectivity index (χ0n) is 17.0. The minimum atomic E-state index is -0.233. The molecule has 0 unspecified atom stereocenters. The maximum Gasteiger partial charge on any atom is 0.286 e. The molecular weight excluding hydrogens is 465 g/mol. The summed E-state index contributed by atoms with van der Waals surface area (Å²) in [6, 6.07) is 19.4. The van der Waals surface area contributed by atoms with Crippen molar-refractivity contribution in [3.63, 3.8) is 0 Å². The average Bonchev–Trinajstić information content (AvgIpc) is 3.43. The molecule has 32 heavy (non-hydrogen) atoms. The van der Waals surface area contributed by atoms with Gasteiger partial charge in [-0.25, -0.2) is 0 Å². The molecule has 1 saturated heterocycles. The number of furan rings is 1. The van der Waals surface area contributed by atoms with Crippen molar-refractivity contribution in [3.05, 3.63) is 81.4 Å². The topological polar surface area (TPSA) is 49.1 Å². The van der Waals surface area contributed by atoms with Gasteiger partial charge in [-0.2, -0.15) is 4.99 Å². The van der Waals surface area contributed by atoms with Crippen LogP contribution in [0, 0.1) is 0 Å². The number of aliphatic imine (C=N–C) groups is 1. The lowest BCUT2D eigenvalue weighted by atomic mass is 10.2. The Balaban J connectivity index is 1.24. The number of carbonyl (C=O) groups excluding carboxylic acids is 1. The summed E-state index contributed by atoms with van der Waals surface area (Å²) in [5.41, 5.74) is 2.04. The van der Waals surface area contributed by atoms with Crippen molar-refractivity contribution in [2.75, 3.05) is 31.1 Å². The molecular formula is C24H19Cl2N3O2S. The first-order valence-electron chi connectivity index (χ1n) is 10.2. The van der Waals surface area contributed by atoms with Crippen molar-refractivity contribution in [3.8, 4) is 11.3 Å². The Labute approximate surface area is 200 Å². The lowest BCUT2D eigenvalue weighted by Crippen LogP contribution is -2.47. The fourth-order valence-electron chi connectivity index (χ4n) is 3.69. The van der Waals surface area contributed by atoms with Crippen molar-refractivity contribution in [1.29, 1.82) is 0 Å². The Bertz CT molecular complexity index is 1210. The van der Waals surface area contributed by atoms with E-state index in [1.807, 2.05) is 24.3 Å². The smallest absolute Gasteiger partial charge is 0.286 e. The van der Waals surface area contributed by atoms with E-state index in [9.17, 15) is 4.79 Å². The summed E-state index contributed by atoms with van der Waals surface area (Å²) < 4.78 is 5.90. The molecule has 0 bridgehead atoms. The predicted octanol–water partition coefficient (Wildman–Crippen LogP) is 6.05. The second-order valence-electron chi connectivity index (χ2n) is 7.45. The van der Waals surface area contributed by atoms with E-state index in [0.29, 0.717) is 26.5 Å². The summed E-state index contributed by atoms with van der Waals surface area (Å²) >= 11 is 13.5. The third-order valence-corrected chi connectivity index (χ3v) is 7.17. The second-order valence-corrected chi connectivity index (χ2v) is 9.27. The number of amides is 1. The molecule has 0 saturated carbocycles. The Hall–Kier alpha value is -2.67. The zero-order valence-corrected chi connectivity index (χ0v) is 19.3. The Kier molecular flexibility index (Phi) is 6.00. The van der Waals surface area contributed by atoms with E-state index in [-0.39, 0.29) is 5.91 Å². The van der Waals surface area contributed by atoms with Gasteiger partial charge in [0.05, 0.1) is 15.0 Å². The maximum absolute atomic E-state index is 12.5. The van der Waals surface area contributed by atoms with Crippen molar-refractivity contribution < 1.29 is 9.21 Å². The molecule has 162 valence electrons. The number of halogens is 2. The number of carbonyl (C=O) groups is 1. The maximum atomic E-state index is 12.5. The Morgan fingerprint density at radius 2 is 1.66 bits per heavy atom. The number of anilines is 1. The van der Waals surface area contributed by atoms with Crippen LogP contribution in [0.5, 0.6) is 0 Å². The van der Waals surface area contributed by atoms with Crippen LogP contribution in [0.2, 0.25) is 10.0 Å². The third kappa shape index (κ3) is 4.44. The summed E-state index contributed by atoms with van der Waals surface area (Å²) in [5.74, 6) is 1.01. The zero-order chi connectivity index (χ0) is 22.1. The Morgan fingerprint density at radius 1 is 0.906 bits per heavy atom. The third-order valence-electron chi connectivity index (χ3n) is 5.39. The molecule has 5 nitrogen and oxygen atoms in total. The number of thioether (sulfide) groups is 1. The highest BCUT2D eigenvalue weighted by atomic mass is 35.5. The number of rotatable bonds is 3. The molecule has 1 amide bonds. The fourth-order valence-corrected chi connectivity index (χ4v) is 4.94. The van der Waals surface area contributed by atoms with Crippen molar-refractivity contribution in [2.24, 2.45) is 4.99 Å². The molecule has 1 aromatic heterocycles. The lowest BCUT2D eigenvalue weighted by molar-refractivity contribution is -0.113. The van der Waals surface area contributed by atoms with Crippen LogP contribution >= 0.6 is 35.0 Å². The number of hydrogen-bond donors (Lipinski definition) is 0. The molecule has 0 aliphatic carbocycles. The largest absolute Gasteiger partial charge is 0.457 e. The molecule has 2 aliphatic heterocycles. The summed E-state index contributed by atoms with van der Waals surface area (Å²) in [7, 11) is 0. The number of amidine groups is 1. The van der Waals surface area contributed by atoms with Crippen LogP contribution in [0.1, 0.15) is 5.76 Å². The van der Waals surface area contributed by atoms with Crippen LogP contribution in [-0.4, -0.2) is 42.2 Å².